The average Bonchev–Trinajstić information content (AvgIpc) is 2.93. The highest BCUT2D eigenvalue weighted by atomic mass is 16.5. The second-order valence-electron chi connectivity index (χ2n) is 6.93. The number of methoxy groups -OCH3 is 2. The zero-order chi connectivity index (χ0) is 18.0. The molecule has 0 aliphatic heterocycles. The molecule has 0 aromatic heterocycles. The molecule has 0 heterocycles. The van der Waals surface area contributed by atoms with E-state index in [1.807, 2.05) is 19.1 Å². The molecule has 0 atom stereocenters. The first-order valence-electron chi connectivity index (χ1n) is 9.06. The molecule has 1 fully saturated rings. The number of aryl methyl sites for hydroxylation is 1. The van der Waals surface area contributed by atoms with Gasteiger partial charge in [0, 0.05) is 12.8 Å². The third-order valence-corrected chi connectivity index (χ3v) is 5.79. The van der Waals surface area contributed by atoms with Crippen LogP contribution in [-0.2, 0) is 16.0 Å². The van der Waals surface area contributed by atoms with E-state index >= 15 is 0 Å². The van der Waals surface area contributed by atoms with Crippen molar-refractivity contribution in [2.75, 3.05) is 14.2 Å². The number of allylic oxidation sites excluding steroid dienone is 2. The van der Waals surface area contributed by atoms with Gasteiger partial charge in [-0.15, -0.1) is 0 Å². The summed E-state index contributed by atoms with van der Waals surface area (Å²) in [6.07, 6.45) is 7.06. The van der Waals surface area contributed by atoms with Crippen molar-refractivity contribution in [3.05, 3.63) is 29.3 Å². The predicted molar refractivity (Wildman–Crippen MR) is 97.1 cm³/mol. The number of rotatable bonds is 5. The minimum atomic E-state index is -0.791. The molecule has 4 nitrogen and oxygen atoms in total. The molecule has 3 rings (SSSR count). The minimum Gasteiger partial charge on any atom is -0.493 e. The van der Waals surface area contributed by atoms with Crippen LogP contribution < -0.4 is 9.47 Å². The van der Waals surface area contributed by atoms with Crippen LogP contribution in [0.25, 0.3) is 5.57 Å². The maximum atomic E-state index is 12.4. The normalized spacial score (nSPS) is 20.7. The second kappa shape index (κ2) is 7.03. The lowest BCUT2D eigenvalue weighted by atomic mass is 9.76. The molecule has 0 radical (unpaired) electrons. The largest absolute Gasteiger partial charge is 0.493 e. The summed E-state index contributed by atoms with van der Waals surface area (Å²) in [6, 6.07) is 4.07. The van der Waals surface area contributed by atoms with Crippen LogP contribution in [0.15, 0.2) is 18.2 Å². The molecule has 1 saturated carbocycles. The molecule has 0 saturated heterocycles. The van der Waals surface area contributed by atoms with E-state index < -0.39 is 5.41 Å². The van der Waals surface area contributed by atoms with Crippen molar-refractivity contribution in [2.24, 2.45) is 5.41 Å². The standard InChI is InChI=1S/C21H26O4/c1-4-21(19(22)8-9-20(21)23)11-10-14-6-5-7-15-12-17(24-2)18(25-3)13-16(14)15/h10,12-13H,4-9,11H2,1-3H3. The van der Waals surface area contributed by atoms with Crippen LogP contribution in [0.1, 0.15) is 56.6 Å². The monoisotopic (exact) mass is 342 g/mol. The topological polar surface area (TPSA) is 52.6 Å². The Morgan fingerprint density at radius 1 is 1.00 bits per heavy atom. The van der Waals surface area contributed by atoms with E-state index in [9.17, 15) is 9.59 Å². The Hall–Kier alpha value is -2.10. The lowest BCUT2D eigenvalue weighted by Crippen LogP contribution is -2.31. The van der Waals surface area contributed by atoms with Crippen LogP contribution in [0.4, 0.5) is 0 Å². The average molecular weight is 342 g/mol. The van der Waals surface area contributed by atoms with E-state index in [-0.39, 0.29) is 11.6 Å². The van der Waals surface area contributed by atoms with E-state index in [1.165, 1.54) is 11.1 Å². The molecular formula is C21H26O4. The maximum Gasteiger partial charge on any atom is 0.161 e. The number of fused-ring (bicyclic) bond motifs is 1. The van der Waals surface area contributed by atoms with Gasteiger partial charge in [-0.2, -0.15) is 0 Å². The van der Waals surface area contributed by atoms with Gasteiger partial charge in [-0.3, -0.25) is 9.59 Å². The fraction of sp³-hybridized carbons (Fsp3) is 0.524. The Labute approximate surface area is 149 Å². The number of hydrogen-bond donors (Lipinski definition) is 0. The minimum absolute atomic E-state index is 0.111. The van der Waals surface area contributed by atoms with Gasteiger partial charge in [-0.05, 0) is 60.9 Å². The Morgan fingerprint density at radius 3 is 2.24 bits per heavy atom. The van der Waals surface area contributed by atoms with Crippen molar-refractivity contribution in [2.45, 2.75) is 51.9 Å². The molecule has 0 unspecified atom stereocenters. The van der Waals surface area contributed by atoms with Gasteiger partial charge in [0.1, 0.15) is 11.6 Å². The highest BCUT2D eigenvalue weighted by Gasteiger charge is 2.46. The number of carbonyl (C=O) groups excluding carboxylic acids is 2. The number of ether oxygens (including phenoxy) is 2. The molecule has 2 aliphatic rings. The SMILES string of the molecule is CCC1(CC=C2CCCc3cc(OC)c(OC)cc32)C(=O)CCC1=O. The lowest BCUT2D eigenvalue weighted by Gasteiger charge is -2.25. The summed E-state index contributed by atoms with van der Waals surface area (Å²) in [4.78, 5) is 24.7. The summed E-state index contributed by atoms with van der Waals surface area (Å²) < 4.78 is 10.8. The zero-order valence-electron chi connectivity index (χ0n) is 15.3. The summed E-state index contributed by atoms with van der Waals surface area (Å²) in [5, 5.41) is 0. The molecule has 0 amide bonds. The first-order valence-corrected chi connectivity index (χ1v) is 9.06. The summed E-state index contributed by atoms with van der Waals surface area (Å²) in [7, 11) is 3.28. The summed E-state index contributed by atoms with van der Waals surface area (Å²) >= 11 is 0. The van der Waals surface area contributed by atoms with Gasteiger partial charge < -0.3 is 9.47 Å². The van der Waals surface area contributed by atoms with Gasteiger partial charge in [-0.25, -0.2) is 0 Å². The van der Waals surface area contributed by atoms with Crippen LogP contribution >= 0.6 is 0 Å². The molecule has 1 aromatic rings. The molecule has 25 heavy (non-hydrogen) atoms. The fourth-order valence-corrected chi connectivity index (χ4v) is 4.17. The van der Waals surface area contributed by atoms with Crippen LogP contribution in [-0.4, -0.2) is 25.8 Å². The zero-order valence-corrected chi connectivity index (χ0v) is 15.3. The van der Waals surface area contributed by atoms with Gasteiger partial charge in [0.05, 0.1) is 19.6 Å². The van der Waals surface area contributed by atoms with Crippen LogP contribution in [0.3, 0.4) is 0 Å². The molecule has 0 N–H and O–H groups in total. The third-order valence-electron chi connectivity index (χ3n) is 5.79. The molecule has 2 aliphatic carbocycles. The third kappa shape index (κ3) is 2.99. The highest BCUT2D eigenvalue weighted by molar-refractivity contribution is 6.13. The van der Waals surface area contributed by atoms with Crippen molar-refractivity contribution in [1.29, 1.82) is 0 Å². The second-order valence-corrected chi connectivity index (χ2v) is 6.93. The summed E-state index contributed by atoms with van der Waals surface area (Å²) in [6.45, 7) is 1.95. The van der Waals surface area contributed by atoms with E-state index in [1.54, 1.807) is 14.2 Å². The molecule has 134 valence electrons. The lowest BCUT2D eigenvalue weighted by molar-refractivity contribution is -0.134. The predicted octanol–water partition coefficient (Wildman–Crippen LogP) is 4.14. The first-order chi connectivity index (χ1) is 12.1. The smallest absolute Gasteiger partial charge is 0.161 e. The van der Waals surface area contributed by atoms with Gasteiger partial charge in [0.2, 0.25) is 0 Å². The van der Waals surface area contributed by atoms with Crippen LogP contribution in [0.5, 0.6) is 11.5 Å². The Kier molecular flexibility index (Phi) is 4.98. The Bertz CT molecular complexity index is 714. The maximum absolute atomic E-state index is 12.4. The summed E-state index contributed by atoms with van der Waals surface area (Å²) in [5.74, 6) is 1.68. The molecule has 0 spiro atoms. The van der Waals surface area contributed by atoms with Crippen LogP contribution in [0, 0.1) is 5.41 Å². The quantitative estimate of drug-likeness (QED) is 0.755. The number of benzene rings is 1. The summed E-state index contributed by atoms with van der Waals surface area (Å²) in [5.41, 5.74) is 2.82. The van der Waals surface area contributed by atoms with E-state index in [2.05, 4.69) is 6.08 Å². The highest BCUT2D eigenvalue weighted by Crippen LogP contribution is 2.42. The number of ketones is 2. The van der Waals surface area contributed by atoms with Gasteiger partial charge in [0.25, 0.3) is 0 Å². The molecular weight excluding hydrogens is 316 g/mol. The molecule has 4 heteroatoms. The first kappa shape index (κ1) is 17.7. The van der Waals surface area contributed by atoms with Gasteiger partial charge in [-0.1, -0.05) is 13.0 Å². The van der Waals surface area contributed by atoms with Crippen molar-refractivity contribution in [3.63, 3.8) is 0 Å². The van der Waals surface area contributed by atoms with Gasteiger partial charge >= 0.3 is 0 Å². The number of carbonyl (C=O) groups is 2. The van der Waals surface area contributed by atoms with Crippen molar-refractivity contribution >= 4 is 17.1 Å². The number of hydrogen-bond acceptors (Lipinski definition) is 4. The number of Topliss-reactive ketones (excluding diaryl/α,β-unsaturated/α-hetero) is 2. The van der Waals surface area contributed by atoms with E-state index in [4.69, 9.17) is 9.47 Å². The molecule has 0 bridgehead atoms. The van der Waals surface area contributed by atoms with Crippen LogP contribution in [0.2, 0.25) is 0 Å². The van der Waals surface area contributed by atoms with Crippen molar-refractivity contribution in [1.82, 2.24) is 0 Å². The Balaban J connectivity index is 1.96. The fourth-order valence-electron chi connectivity index (χ4n) is 4.17. The Morgan fingerprint density at radius 2 is 1.64 bits per heavy atom. The van der Waals surface area contributed by atoms with E-state index in [0.29, 0.717) is 31.4 Å². The van der Waals surface area contributed by atoms with E-state index in [0.717, 1.165) is 30.6 Å². The molecule has 1 aromatic carbocycles. The van der Waals surface area contributed by atoms with Crippen molar-refractivity contribution in [3.8, 4) is 11.5 Å². The van der Waals surface area contributed by atoms with Crippen molar-refractivity contribution < 1.29 is 19.1 Å². The van der Waals surface area contributed by atoms with Gasteiger partial charge in [0.15, 0.2) is 11.5 Å².